The van der Waals surface area contributed by atoms with Crippen molar-refractivity contribution < 1.29 is 0 Å². The molecule has 0 atom stereocenters. The Bertz CT molecular complexity index is 606. The first-order valence-electron chi connectivity index (χ1n) is 6.41. The molecule has 1 nitrogen and oxygen atoms in total. The van der Waals surface area contributed by atoms with E-state index in [4.69, 9.17) is 0 Å². The van der Waals surface area contributed by atoms with Crippen molar-refractivity contribution in [3.63, 3.8) is 0 Å². The molecule has 2 rings (SSSR count). The van der Waals surface area contributed by atoms with Crippen LogP contribution in [0.15, 0.2) is 41.4 Å². The predicted octanol–water partition coefficient (Wildman–Crippen LogP) is 4.52. The highest BCUT2D eigenvalue weighted by Gasteiger charge is 2.27. The maximum absolute atomic E-state index is 4.40. The van der Waals surface area contributed by atoms with Gasteiger partial charge in [0.2, 0.25) is 0 Å². The topological polar surface area (TPSA) is 12.4 Å². The summed E-state index contributed by atoms with van der Waals surface area (Å²) in [5.41, 5.74) is 3.87. The van der Waals surface area contributed by atoms with Crippen molar-refractivity contribution in [2.75, 3.05) is 7.05 Å². The van der Waals surface area contributed by atoms with E-state index in [9.17, 15) is 0 Å². The van der Waals surface area contributed by atoms with Crippen LogP contribution in [0, 0.1) is 6.92 Å². The third kappa shape index (κ3) is 1.94. The van der Waals surface area contributed by atoms with Crippen molar-refractivity contribution in [3.8, 4) is 0 Å². The Labute approximate surface area is 110 Å². The second-order valence-corrected chi connectivity index (χ2v) is 5.41. The Kier molecular flexibility index (Phi) is 3.25. The van der Waals surface area contributed by atoms with E-state index >= 15 is 0 Å². The minimum absolute atomic E-state index is 0.0281. The van der Waals surface area contributed by atoms with Gasteiger partial charge in [0.05, 0.1) is 0 Å². The Morgan fingerprint density at radius 1 is 1.06 bits per heavy atom. The predicted molar refractivity (Wildman–Crippen MR) is 80.7 cm³/mol. The normalized spacial score (nSPS) is 13.1. The van der Waals surface area contributed by atoms with E-state index < -0.39 is 0 Å². The number of fused-ring (bicyclic) bond motifs is 1. The fraction of sp³-hybridized carbons (Fsp3) is 0.353. The summed E-state index contributed by atoms with van der Waals surface area (Å²) < 4.78 is 0. The third-order valence-corrected chi connectivity index (χ3v) is 4.00. The van der Waals surface area contributed by atoms with Gasteiger partial charge in [-0.3, -0.25) is 4.99 Å². The van der Waals surface area contributed by atoms with Crippen LogP contribution in [0.2, 0.25) is 0 Å². The van der Waals surface area contributed by atoms with E-state index in [1.54, 1.807) is 0 Å². The molecule has 0 amide bonds. The summed E-state index contributed by atoms with van der Waals surface area (Å²) in [7, 11) is 1.87. The van der Waals surface area contributed by atoms with Crippen LogP contribution in [0.1, 0.15) is 31.9 Å². The van der Waals surface area contributed by atoms with Gasteiger partial charge in [0, 0.05) is 18.2 Å². The van der Waals surface area contributed by atoms with E-state index in [2.05, 4.69) is 69.1 Å². The van der Waals surface area contributed by atoms with Gasteiger partial charge in [-0.1, -0.05) is 50.2 Å². The van der Waals surface area contributed by atoms with Gasteiger partial charge in [0.25, 0.3) is 0 Å². The number of hydrogen-bond donors (Lipinski definition) is 0. The summed E-state index contributed by atoms with van der Waals surface area (Å²) in [5, 5.41) is 2.64. The van der Waals surface area contributed by atoms with Gasteiger partial charge < -0.3 is 0 Å². The Hall–Kier alpha value is -1.63. The molecule has 94 valence electrons. The highest BCUT2D eigenvalue weighted by molar-refractivity contribution is 5.98. The molecule has 2 aromatic rings. The summed E-state index contributed by atoms with van der Waals surface area (Å²) in [4.78, 5) is 4.40. The summed E-state index contributed by atoms with van der Waals surface area (Å²) in [6.07, 6.45) is 0. The molecule has 0 spiro atoms. The zero-order chi connectivity index (χ0) is 13.3. The zero-order valence-corrected chi connectivity index (χ0v) is 11.9. The number of hydrogen-bond acceptors (Lipinski definition) is 1. The molecule has 0 aliphatic heterocycles. The molecule has 0 heterocycles. The Morgan fingerprint density at radius 2 is 1.72 bits per heavy atom. The first-order chi connectivity index (χ1) is 8.48. The molecule has 0 unspecified atom stereocenters. The number of aryl methyl sites for hydroxylation is 1. The van der Waals surface area contributed by atoms with Gasteiger partial charge in [-0.15, -0.1) is 0 Å². The van der Waals surface area contributed by atoms with E-state index in [0.29, 0.717) is 0 Å². The molecular weight excluding hydrogens is 218 g/mol. The van der Waals surface area contributed by atoms with Crippen LogP contribution in [0.4, 0.5) is 0 Å². The molecular formula is C17H21N. The molecule has 0 saturated heterocycles. The molecule has 0 saturated carbocycles. The smallest absolute Gasteiger partial charge is 0.0281 e. The molecule has 0 radical (unpaired) electrons. The van der Waals surface area contributed by atoms with E-state index in [1.807, 2.05) is 7.05 Å². The fourth-order valence-corrected chi connectivity index (χ4v) is 2.67. The monoisotopic (exact) mass is 239 g/mol. The lowest BCUT2D eigenvalue weighted by Crippen LogP contribution is -2.28. The highest BCUT2D eigenvalue weighted by atomic mass is 14.7. The average Bonchev–Trinajstić information content (AvgIpc) is 2.37. The molecule has 1 heteroatoms. The van der Waals surface area contributed by atoms with E-state index in [0.717, 1.165) is 0 Å². The molecule has 0 aliphatic carbocycles. The lowest BCUT2D eigenvalue weighted by Gasteiger charge is -2.28. The van der Waals surface area contributed by atoms with Crippen LogP contribution in [-0.2, 0) is 5.41 Å². The maximum Gasteiger partial charge on any atom is 0.0281 e. The van der Waals surface area contributed by atoms with Gasteiger partial charge in [-0.25, -0.2) is 0 Å². The van der Waals surface area contributed by atoms with Crippen LogP contribution in [0.5, 0.6) is 0 Å². The van der Waals surface area contributed by atoms with Crippen LogP contribution in [0.3, 0.4) is 0 Å². The first-order valence-corrected chi connectivity index (χ1v) is 6.41. The average molecular weight is 239 g/mol. The molecule has 0 aliphatic rings. The van der Waals surface area contributed by atoms with Crippen LogP contribution < -0.4 is 0 Å². The van der Waals surface area contributed by atoms with Gasteiger partial charge in [-0.05, 0) is 35.7 Å². The molecule has 0 aromatic heterocycles. The summed E-state index contributed by atoms with van der Waals surface area (Å²) >= 11 is 0. The second-order valence-electron chi connectivity index (χ2n) is 5.41. The van der Waals surface area contributed by atoms with Crippen molar-refractivity contribution >= 4 is 16.5 Å². The van der Waals surface area contributed by atoms with Gasteiger partial charge in [0.1, 0.15) is 0 Å². The zero-order valence-electron chi connectivity index (χ0n) is 11.9. The lowest BCUT2D eigenvalue weighted by molar-refractivity contribution is 0.713. The Morgan fingerprint density at radius 3 is 2.39 bits per heavy atom. The first kappa shape index (κ1) is 12.8. The van der Waals surface area contributed by atoms with Gasteiger partial charge >= 0.3 is 0 Å². The summed E-state index contributed by atoms with van der Waals surface area (Å²) in [5.74, 6) is 0. The molecule has 0 fully saturated rings. The Balaban J connectivity index is 2.81. The van der Waals surface area contributed by atoms with Crippen LogP contribution >= 0.6 is 0 Å². The van der Waals surface area contributed by atoms with Crippen LogP contribution in [0.25, 0.3) is 10.8 Å². The minimum atomic E-state index is -0.0281. The lowest BCUT2D eigenvalue weighted by atomic mass is 9.76. The van der Waals surface area contributed by atoms with Crippen molar-refractivity contribution in [3.05, 3.63) is 47.5 Å². The minimum Gasteiger partial charge on any atom is -0.297 e. The van der Waals surface area contributed by atoms with E-state index in [-0.39, 0.29) is 5.41 Å². The largest absolute Gasteiger partial charge is 0.297 e. The number of nitrogens with zero attached hydrogens (tertiary/aromatic N) is 1. The molecule has 0 N–H and O–H groups in total. The summed E-state index contributed by atoms with van der Waals surface area (Å²) in [6, 6.07) is 13.0. The van der Waals surface area contributed by atoms with Crippen molar-refractivity contribution in [1.82, 2.24) is 0 Å². The second kappa shape index (κ2) is 4.56. The van der Waals surface area contributed by atoms with E-state index in [1.165, 1.54) is 27.6 Å². The molecule has 2 aromatic carbocycles. The van der Waals surface area contributed by atoms with Gasteiger partial charge in [-0.2, -0.15) is 0 Å². The summed E-state index contributed by atoms with van der Waals surface area (Å²) in [6.45, 7) is 8.81. The van der Waals surface area contributed by atoms with Crippen LogP contribution in [-0.4, -0.2) is 12.8 Å². The highest BCUT2D eigenvalue weighted by Crippen LogP contribution is 2.34. The standard InChI is InChI=1S/C17H21N/c1-12-10-11-14-8-6-7-9-15(14)16(12)17(3,4)13(2)18-5/h6-11H,1-5H3/b18-13+. The maximum atomic E-state index is 4.40. The number of benzene rings is 2. The van der Waals surface area contributed by atoms with Crippen molar-refractivity contribution in [2.24, 2.45) is 4.99 Å². The van der Waals surface area contributed by atoms with Crippen molar-refractivity contribution in [2.45, 2.75) is 33.1 Å². The third-order valence-electron chi connectivity index (χ3n) is 4.00. The molecule has 18 heavy (non-hydrogen) atoms. The van der Waals surface area contributed by atoms with Gasteiger partial charge in [0.15, 0.2) is 0 Å². The molecule has 0 bridgehead atoms. The van der Waals surface area contributed by atoms with Crippen molar-refractivity contribution in [1.29, 1.82) is 0 Å². The fourth-order valence-electron chi connectivity index (χ4n) is 2.67. The number of rotatable bonds is 2. The number of aliphatic imine (C=N–C) groups is 1. The SMILES string of the molecule is C/N=C(\C)C(C)(C)c1c(C)ccc2ccccc12. The quantitative estimate of drug-likeness (QED) is 0.683.